The number of fused-ring (bicyclic) bond motifs is 1. The van der Waals surface area contributed by atoms with Crippen molar-refractivity contribution < 1.29 is 9.60 Å². The number of aromatic nitrogens is 1. The molecule has 0 unspecified atom stereocenters. The Morgan fingerprint density at radius 2 is 2.31 bits per heavy atom. The molecule has 4 heteroatoms. The molecule has 0 saturated carbocycles. The van der Waals surface area contributed by atoms with Crippen LogP contribution in [0.4, 0.5) is 4.39 Å². The number of rotatable bonds is 2. The molecule has 3 N–H and O–H groups in total. The van der Waals surface area contributed by atoms with E-state index in [9.17, 15) is 4.39 Å². The summed E-state index contributed by atoms with van der Waals surface area (Å²) in [5, 5.41) is 9.30. The Labute approximate surface area is 74.2 Å². The van der Waals surface area contributed by atoms with Crippen LogP contribution in [0.5, 0.6) is 0 Å². The highest BCUT2D eigenvalue weighted by Crippen LogP contribution is 2.18. The summed E-state index contributed by atoms with van der Waals surface area (Å²) in [6, 6.07) is 4.51. The van der Waals surface area contributed by atoms with Gasteiger partial charge in [-0.1, -0.05) is 0 Å². The molecule has 2 aromatic rings. The molecule has 1 aromatic carbocycles. The van der Waals surface area contributed by atoms with E-state index in [4.69, 9.17) is 5.21 Å². The van der Waals surface area contributed by atoms with Crippen LogP contribution in [0, 0.1) is 5.82 Å². The van der Waals surface area contributed by atoms with Crippen LogP contribution < -0.4 is 5.48 Å². The summed E-state index contributed by atoms with van der Waals surface area (Å²) in [7, 11) is 0. The minimum absolute atomic E-state index is 0.272. The van der Waals surface area contributed by atoms with Crippen LogP contribution in [-0.4, -0.2) is 10.2 Å². The Hall–Kier alpha value is -1.39. The van der Waals surface area contributed by atoms with E-state index in [1.165, 1.54) is 12.1 Å². The molecular weight excluding hydrogens is 171 g/mol. The fourth-order valence-electron chi connectivity index (χ4n) is 1.38. The average molecular weight is 180 g/mol. The van der Waals surface area contributed by atoms with Crippen LogP contribution >= 0.6 is 0 Å². The normalized spacial score (nSPS) is 10.9. The highest BCUT2D eigenvalue weighted by molar-refractivity contribution is 5.83. The summed E-state index contributed by atoms with van der Waals surface area (Å²) < 4.78 is 12.8. The summed E-state index contributed by atoms with van der Waals surface area (Å²) in [5.41, 5.74) is 3.75. The number of hydroxylamine groups is 1. The van der Waals surface area contributed by atoms with E-state index in [0.717, 1.165) is 16.5 Å². The topological polar surface area (TPSA) is 48.0 Å². The highest BCUT2D eigenvalue weighted by atomic mass is 19.1. The van der Waals surface area contributed by atoms with E-state index in [1.807, 2.05) is 5.48 Å². The van der Waals surface area contributed by atoms with Gasteiger partial charge in [0.15, 0.2) is 0 Å². The van der Waals surface area contributed by atoms with Gasteiger partial charge in [0.2, 0.25) is 0 Å². The van der Waals surface area contributed by atoms with E-state index >= 15 is 0 Å². The molecule has 0 aliphatic carbocycles. The quantitative estimate of drug-likeness (QED) is 0.617. The van der Waals surface area contributed by atoms with E-state index in [-0.39, 0.29) is 5.82 Å². The maximum atomic E-state index is 12.8. The second-order valence-electron chi connectivity index (χ2n) is 2.84. The zero-order valence-corrected chi connectivity index (χ0v) is 6.84. The first-order chi connectivity index (χ1) is 6.31. The van der Waals surface area contributed by atoms with Crippen LogP contribution in [0.15, 0.2) is 24.4 Å². The second kappa shape index (κ2) is 3.16. The van der Waals surface area contributed by atoms with Gasteiger partial charge >= 0.3 is 0 Å². The Balaban J connectivity index is 2.58. The molecule has 13 heavy (non-hydrogen) atoms. The van der Waals surface area contributed by atoms with Crippen molar-refractivity contribution in [2.45, 2.75) is 6.54 Å². The van der Waals surface area contributed by atoms with Crippen molar-refractivity contribution in [3.8, 4) is 0 Å². The molecule has 0 saturated heterocycles. The SMILES string of the molecule is ONCc1c[nH]c2ccc(F)cc12. The maximum absolute atomic E-state index is 12.8. The Kier molecular flexibility index (Phi) is 2.00. The molecule has 3 nitrogen and oxygen atoms in total. The number of halogens is 1. The first kappa shape index (κ1) is 8.22. The minimum Gasteiger partial charge on any atom is -0.361 e. The third kappa shape index (κ3) is 1.41. The predicted molar refractivity (Wildman–Crippen MR) is 46.9 cm³/mol. The zero-order chi connectivity index (χ0) is 9.26. The number of benzene rings is 1. The van der Waals surface area contributed by atoms with Gasteiger partial charge in [0, 0.05) is 23.6 Å². The third-order valence-corrected chi connectivity index (χ3v) is 2.00. The molecule has 2 rings (SSSR count). The van der Waals surface area contributed by atoms with Crippen molar-refractivity contribution in [2.24, 2.45) is 0 Å². The average Bonchev–Trinajstić information content (AvgIpc) is 2.49. The summed E-state index contributed by atoms with van der Waals surface area (Å²) in [6.07, 6.45) is 1.74. The summed E-state index contributed by atoms with van der Waals surface area (Å²) in [6.45, 7) is 0.309. The number of nitrogens with one attached hydrogen (secondary N) is 2. The molecule has 0 spiro atoms. The van der Waals surface area contributed by atoms with Gasteiger partial charge in [-0.3, -0.25) is 0 Å². The Bertz CT molecular complexity index is 424. The lowest BCUT2D eigenvalue weighted by Crippen LogP contribution is -2.05. The minimum atomic E-state index is -0.272. The van der Waals surface area contributed by atoms with Crippen molar-refractivity contribution in [3.05, 3.63) is 35.8 Å². The molecule has 0 amide bonds. The van der Waals surface area contributed by atoms with Gasteiger partial charge in [-0.2, -0.15) is 0 Å². The lowest BCUT2D eigenvalue weighted by atomic mass is 10.2. The molecule has 0 aliphatic heterocycles. The number of hydrogen-bond acceptors (Lipinski definition) is 2. The predicted octanol–water partition coefficient (Wildman–Crippen LogP) is 1.79. The van der Waals surface area contributed by atoms with E-state index in [1.54, 1.807) is 12.3 Å². The van der Waals surface area contributed by atoms with Crippen LogP contribution in [0.1, 0.15) is 5.56 Å². The van der Waals surface area contributed by atoms with Gasteiger partial charge in [-0.05, 0) is 23.8 Å². The van der Waals surface area contributed by atoms with Gasteiger partial charge in [-0.25, -0.2) is 9.87 Å². The van der Waals surface area contributed by atoms with Gasteiger partial charge in [0.05, 0.1) is 0 Å². The molecule has 1 aromatic heterocycles. The lowest BCUT2D eigenvalue weighted by Gasteiger charge is -1.95. The van der Waals surface area contributed by atoms with Gasteiger partial charge in [0.1, 0.15) is 5.82 Å². The van der Waals surface area contributed by atoms with Crippen molar-refractivity contribution in [1.82, 2.24) is 10.5 Å². The van der Waals surface area contributed by atoms with Gasteiger partial charge in [0.25, 0.3) is 0 Å². The lowest BCUT2D eigenvalue weighted by molar-refractivity contribution is 0.161. The van der Waals surface area contributed by atoms with Gasteiger partial charge < -0.3 is 10.2 Å². The van der Waals surface area contributed by atoms with Crippen LogP contribution in [0.25, 0.3) is 10.9 Å². The largest absolute Gasteiger partial charge is 0.361 e. The summed E-state index contributed by atoms with van der Waals surface area (Å²) in [5.74, 6) is -0.272. The molecule has 0 aliphatic rings. The molecule has 1 heterocycles. The van der Waals surface area contributed by atoms with E-state index in [2.05, 4.69) is 4.98 Å². The maximum Gasteiger partial charge on any atom is 0.123 e. The van der Waals surface area contributed by atoms with Crippen molar-refractivity contribution in [1.29, 1.82) is 0 Å². The van der Waals surface area contributed by atoms with Crippen molar-refractivity contribution in [2.75, 3.05) is 0 Å². The van der Waals surface area contributed by atoms with Crippen molar-refractivity contribution >= 4 is 10.9 Å². The van der Waals surface area contributed by atoms with Gasteiger partial charge in [-0.15, -0.1) is 0 Å². The first-order valence-corrected chi connectivity index (χ1v) is 3.94. The molecular formula is C9H9FN2O. The molecule has 0 bridgehead atoms. The smallest absolute Gasteiger partial charge is 0.123 e. The zero-order valence-electron chi connectivity index (χ0n) is 6.84. The number of H-pyrrole nitrogens is 1. The Morgan fingerprint density at radius 3 is 3.08 bits per heavy atom. The van der Waals surface area contributed by atoms with Crippen molar-refractivity contribution in [3.63, 3.8) is 0 Å². The van der Waals surface area contributed by atoms with Crippen LogP contribution in [0.3, 0.4) is 0 Å². The second-order valence-corrected chi connectivity index (χ2v) is 2.84. The van der Waals surface area contributed by atoms with E-state index < -0.39 is 0 Å². The van der Waals surface area contributed by atoms with Crippen LogP contribution in [0.2, 0.25) is 0 Å². The molecule has 0 atom stereocenters. The standard InChI is InChI=1S/C9H9FN2O/c10-7-1-2-9-8(3-7)6(4-11-9)5-12-13/h1-4,11-13H,5H2. The highest BCUT2D eigenvalue weighted by Gasteiger charge is 2.03. The Morgan fingerprint density at radius 1 is 1.46 bits per heavy atom. The molecule has 68 valence electrons. The fourth-order valence-corrected chi connectivity index (χ4v) is 1.38. The number of hydrogen-bond donors (Lipinski definition) is 3. The first-order valence-electron chi connectivity index (χ1n) is 3.94. The number of aromatic amines is 1. The molecule has 0 fully saturated rings. The summed E-state index contributed by atoms with van der Waals surface area (Å²) >= 11 is 0. The molecule has 0 radical (unpaired) electrons. The van der Waals surface area contributed by atoms with E-state index in [0.29, 0.717) is 6.54 Å². The summed E-state index contributed by atoms with van der Waals surface area (Å²) in [4.78, 5) is 2.98. The van der Waals surface area contributed by atoms with Crippen LogP contribution in [-0.2, 0) is 6.54 Å². The monoisotopic (exact) mass is 180 g/mol. The fraction of sp³-hybridized carbons (Fsp3) is 0.111. The third-order valence-electron chi connectivity index (χ3n) is 2.00.